The predicted molar refractivity (Wildman–Crippen MR) is 75.4 cm³/mol. The third-order valence-electron chi connectivity index (χ3n) is 4.35. The average Bonchev–Trinajstić information content (AvgIpc) is 2.70. The smallest absolute Gasteiger partial charge is 0.0439 e. The quantitative estimate of drug-likeness (QED) is 0.745. The number of likely N-dealkylation sites (tertiary alicyclic amines) is 1. The van der Waals surface area contributed by atoms with Crippen LogP contribution in [0.1, 0.15) is 37.8 Å². The van der Waals surface area contributed by atoms with Crippen LogP contribution in [0.2, 0.25) is 0 Å². The summed E-state index contributed by atoms with van der Waals surface area (Å²) in [5.74, 6) is 1.22. The lowest BCUT2D eigenvalue weighted by Crippen LogP contribution is -2.43. The highest BCUT2D eigenvalue weighted by Crippen LogP contribution is 2.53. The van der Waals surface area contributed by atoms with Crippen LogP contribution in [-0.2, 0) is 10.5 Å². The third-order valence-corrected chi connectivity index (χ3v) is 5.98. The second-order valence-corrected chi connectivity index (χ2v) is 6.93. The molecule has 0 atom stereocenters. The number of piperidine rings is 1. The molecular weight excluding hydrogens is 226 g/mol. The fraction of sp³-hybridized carbons (Fsp3) is 0.600. The van der Waals surface area contributed by atoms with Crippen molar-refractivity contribution in [3.05, 3.63) is 35.4 Å². The first kappa shape index (κ1) is 11.6. The molecule has 92 valence electrons. The Hall–Kier alpha value is -0.470. The highest BCUT2D eigenvalue weighted by Gasteiger charge is 2.41. The molecule has 0 radical (unpaired) electrons. The lowest BCUT2D eigenvalue weighted by atomic mass is 9.86. The van der Waals surface area contributed by atoms with Crippen LogP contribution in [0.5, 0.6) is 0 Å². The van der Waals surface area contributed by atoms with Crippen LogP contribution in [0, 0.1) is 0 Å². The first-order chi connectivity index (χ1) is 8.21. The van der Waals surface area contributed by atoms with Crippen molar-refractivity contribution >= 4 is 11.8 Å². The van der Waals surface area contributed by atoms with Gasteiger partial charge in [-0.05, 0) is 37.8 Å². The molecule has 17 heavy (non-hydrogen) atoms. The van der Waals surface area contributed by atoms with Crippen LogP contribution in [0.15, 0.2) is 24.3 Å². The van der Waals surface area contributed by atoms with Crippen LogP contribution >= 0.6 is 11.8 Å². The number of hydrogen-bond acceptors (Lipinski definition) is 2. The van der Waals surface area contributed by atoms with Gasteiger partial charge in [-0.2, -0.15) is 0 Å². The number of hydrogen-bond donors (Lipinski definition) is 0. The van der Waals surface area contributed by atoms with Crippen LogP contribution in [0.25, 0.3) is 0 Å². The zero-order chi connectivity index (χ0) is 11.9. The zero-order valence-electron chi connectivity index (χ0n) is 10.8. The second-order valence-electron chi connectivity index (χ2n) is 5.57. The van der Waals surface area contributed by atoms with Gasteiger partial charge in [-0.3, -0.25) is 0 Å². The molecule has 1 aromatic carbocycles. The Labute approximate surface area is 109 Å². The highest BCUT2D eigenvalue weighted by molar-refractivity contribution is 7.99. The van der Waals surface area contributed by atoms with Crippen molar-refractivity contribution in [2.24, 2.45) is 0 Å². The molecule has 0 unspecified atom stereocenters. The molecule has 0 bridgehead atoms. The maximum atomic E-state index is 2.62. The van der Waals surface area contributed by atoms with E-state index >= 15 is 0 Å². The zero-order valence-corrected chi connectivity index (χ0v) is 11.6. The van der Waals surface area contributed by atoms with Crippen molar-refractivity contribution < 1.29 is 0 Å². The van der Waals surface area contributed by atoms with Gasteiger partial charge in [0.05, 0.1) is 0 Å². The van der Waals surface area contributed by atoms with Gasteiger partial charge in [0.15, 0.2) is 0 Å². The van der Waals surface area contributed by atoms with E-state index in [1.165, 1.54) is 31.7 Å². The molecule has 1 nitrogen and oxygen atoms in total. The van der Waals surface area contributed by atoms with Crippen molar-refractivity contribution in [1.29, 1.82) is 0 Å². The minimum atomic E-state index is 0.446. The minimum Gasteiger partial charge on any atom is -0.301 e. The number of fused-ring (bicyclic) bond motifs is 2. The summed E-state index contributed by atoms with van der Waals surface area (Å²) in [6.45, 7) is 7.15. The Morgan fingerprint density at radius 1 is 1.18 bits per heavy atom. The first-order valence-corrected chi connectivity index (χ1v) is 7.66. The van der Waals surface area contributed by atoms with E-state index in [1.807, 2.05) is 0 Å². The van der Waals surface area contributed by atoms with E-state index in [0.29, 0.717) is 10.8 Å². The molecule has 2 aliphatic heterocycles. The van der Waals surface area contributed by atoms with Gasteiger partial charge in [0, 0.05) is 29.6 Å². The number of thioether (sulfide) groups is 1. The van der Waals surface area contributed by atoms with Gasteiger partial charge in [0.2, 0.25) is 0 Å². The molecule has 2 heteroatoms. The van der Waals surface area contributed by atoms with E-state index in [2.05, 4.69) is 54.8 Å². The predicted octanol–water partition coefficient (Wildman–Crippen LogP) is 3.63. The van der Waals surface area contributed by atoms with Gasteiger partial charge >= 0.3 is 0 Å². The van der Waals surface area contributed by atoms with Crippen LogP contribution in [0.3, 0.4) is 0 Å². The summed E-state index contributed by atoms with van der Waals surface area (Å²) in [5.41, 5.74) is 3.21. The van der Waals surface area contributed by atoms with Crippen molar-refractivity contribution in [3.8, 4) is 0 Å². The summed E-state index contributed by atoms with van der Waals surface area (Å²) >= 11 is 2.18. The maximum absolute atomic E-state index is 2.62. The van der Waals surface area contributed by atoms with E-state index in [-0.39, 0.29) is 0 Å². The van der Waals surface area contributed by atoms with Crippen molar-refractivity contribution in [1.82, 2.24) is 4.90 Å². The van der Waals surface area contributed by atoms with Crippen molar-refractivity contribution in [2.45, 2.75) is 43.2 Å². The number of benzene rings is 1. The van der Waals surface area contributed by atoms with Gasteiger partial charge in [-0.1, -0.05) is 24.3 Å². The molecule has 1 saturated heterocycles. The van der Waals surface area contributed by atoms with Crippen molar-refractivity contribution in [3.63, 3.8) is 0 Å². The number of nitrogens with zero attached hydrogens (tertiary/aromatic N) is 1. The second kappa shape index (κ2) is 4.33. The molecule has 0 amide bonds. The van der Waals surface area contributed by atoms with Crippen molar-refractivity contribution in [2.75, 3.05) is 13.1 Å². The summed E-state index contributed by atoms with van der Waals surface area (Å²) in [5, 5.41) is 0. The molecular formula is C15H21NS. The average molecular weight is 247 g/mol. The van der Waals surface area contributed by atoms with Crippen LogP contribution in [-0.4, -0.2) is 24.0 Å². The summed E-state index contributed by atoms with van der Waals surface area (Å²) in [6, 6.07) is 9.77. The molecule has 2 aliphatic rings. The number of rotatable bonds is 1. The largest absolute Gasteiger partial charge is 0.301 e. The summed E-state index contributed by atoms with van der Waals surface area (Å²) < 4.78 is 0.446. The molecule has 0 aromatic heterocycles. The van der Waals surface area contributed by atoms with E-state index in [9.17, 15) is 0 Å². The normalized spacial score (nSPS) is 23.2. The molecule has 1 spiro atoms. The summed E-state index contributed by atoms with van der Waals surface area (Å²) in [7, 11) is 0. The SMILES string of the molecule is CC(C)N1CCC2(CC1)SCc1ccccc12. The standard InChI is InChI=1S/C15H21NS/c1-12(2)16-9-7-15(8-10-16)14-6-4-3-5-13(14)11-17-15/h3-6,12H,7-11H2,1-2H3. The Kier molecular flexibility index (Phi) is 2.95. The molecule has 0 saturated carbocycles. The van der Waals surface area contributed by atoms with Gasteiger partial charge in [0.25, 0.3) is 0 Å². The molecule has 0 N–H and O–H groups in total. The van der Waals surface area contributed by atoms with E-state index < -0.39 is 0 Å². The Morgan fingerprint density at radius 2 is 1.88 bits per heavy atom. The Morgan fingerprint density at radius 3 is 2.59 bits per heavy atom. The minimum absolute atomic E-state index is 0.446. The monoisotopic (exact) mass is 247 g/mol. The molecule has 2 heterocycles. The van der Waals surface area contributed by atoms with Gasteiger partial charge < -0.3 is 4.90 Å². The van der Waals surface area contributed by atoms with Gasteiger partial charge in [0.1, 0.15) is 0 Å². The third kappa shape index (κ3) is 1.92. The molecule has 0 aliphatic carbocycles. The van der Waals surface area contributed by atoms with Crippen LogP contribution < -0.4 is 0 Å². The first-order valence-electron chi connectivity index (χ1n) is 6.68. The van der Waals surface area contributed by atoms with Crippen LogP contribution in [0.4, 0.5) is 0 Å². The molecule has 1 aromatic rings. The maximum Gasteiger partial charge on any atom is 0.0439 e. The Balaban J connectivity index is 1.82. The Bertz CT molecular complexity index is 405. The highest BCUT2D eigenvalue weighted by atomic mass is 32.2. The lowest BCUT2D eigenvalue weighted by Gasteiger charge is -2.41. The molecule has 1 fully saturated rings. The lowest BCUT2D eigenvalue weighted by molar-refractivity contribution is 0.163. The summed E-state index contributed by atoms with van der Waals surface area (Å²) in [6.07, 6.45) is 2.65. The fourth-order valence-corrected chi connectivity index (χ4v) is 4.71. The van der Waals surface area contributed by atoms with E-state index in [4.69, 9.17) is 0 Å². The molecule has 3 rings (SSSR count). The summed E-state index contributed by atoms with van der Waals surface area (Å²) in [4.78, 5) is 2.62. The fourth-order valence-electron chi connectivity index (χ4n) is 3.20. The van der Waals surface area contributed by atoms with Gasteiger partial charge in [-0.15, -0.1) is 11.8 Å². The topological polar surface area (TPSA) is 3.24 Å². The van der Waals surface area contributed by atoms with Gasteiger partial charge in [-0.25, -0.2) is 0 Å². The van der Waals surface area contributed by atoms with E-state index in [1.54, 1.807) is 11.1 Å². The van der Waals surface area contributed by atoms with E-state index in [0.717, 1.165) is 0 Å².